The molecule has 0 amide bonds. The van der Waals surface area contributed by atoms with E-state index in [0.29, 0.717) is 43.7 Å². The van der Waals surface area contributed by atoms with E-state index in [4.69, 9.17) is 9.47 Å². The molecular formula is C30H40FN5O4. The van der Waals surface area contributed by atoms with Crippen molar-refractivity contribution in [3.8, 4) is 11.3 Å². The molecule has 0 radical (unpaired) electrons. The van der Waals surface area contributed by atoms with Crippen molar-refractivity contribution in [3.63, 3.8) is 0 Å². The van der Waals surface area contributed by atoms with Crippen molar-refractivity contribution >= 4 is 16.9 Å². The van der Waals surface area contributed by atoms with Crippen LogP contribution in [0.1, 0.15) is 57.0 Å². The summed E-state index contributed by atoms with van der Waals surface area (Å²) in [6.45, 7) is 15.0. The molecule has 2 saturated heterocycles. The number of pyridine rings is 1. The Labute approximate surface area is 234 Å². The third-order valence-corrected chi connectivity index (χ3v) is 8.32. The van der Waals surface area contributed by atoms with Crippen LogP contribution in [0.15, 0.2) is 23.1 Å². The summed E-state index contributed by atoms with van der Waals surface area (Å²) in [6.07, 6.45) is 1.04. The van der Waals surface area contributed by atoms with Crippen molar-refractivity contribution in [1.29, 1.82) is 0 Å². The van der Waals surface area contributed by atoms with Gasteiger partial charge in [-0.3, -0.25) is 9.69 Å². The molecule has 216 valence electrons. The van der Waals surface area contributed by atoms with Crippen LogP contribution >= 0.6 is 0 Å². The van der Waals surface area contributed by atoms with E-state index >= 15 is 4.39 Å². The Morgan fingerprint density at radius 3 is 2.52 bits per heavy atom. The zero-order chi connectivity index (χ0) is 28.7. The van der Waals surface area contributed by atoms with Crippen LogP contribution in [0.5, 0.6) is 0 Å². The van der Waals surface area contributed by atoms with E-state index < -0.39 is 11.9 Å². The van der Waals surface area contributed by atoms with E-state index in [1.807, 2.05) is 13.8 Å². The lowest BCUT2D eigenvalue weighted by atomic mass is 9.97. The molecular weight excluding hydrogens is 513 g/mol. The Morgan fingerprint density at radius 1 is 1.12 bits per heavy atom. The number of ether oxygens (including phenoxy) is 2. The van der Waals surface area contributed by atoms with Gasteiger partial charge >= 0.3 is 0 Å². The fourth-order valence-corrected chi connectivity index (χ4v) is 6.07. The third kappa shape index (κ3) is 5.25. The van der Waals surface area contributed by atoms with E-state index in [0.717, 1.165) is 28.5 Å². The molecule has 10 heteroatoms. The second kappa shape index (κ2) is 11.5. The predicted molar refractivity (Wildman–Crippen MR) is 153 cm³/mol. The molecule has 2 N–H and O–H groups in total. The lowest BCUT2D eigenvalue weighted by molar-refractivity contribution is -0.0420. The van der Waals surface area contributed by atoms with Crippen molar-refractivity contribution in [2.45, 2.75) is 84.8 Å². The number of benzene rings is 1. The zero-order valence-corrected chi connectivity index (χ0v) is 24.2. The van der Waals surface area contributed by atoms with Gasteiger partial charge in [0.05, 0.1) is 43.7 Å². The molecule has 2 aliphatic rings. The number of hydrogen-bond donors (Lipinski definition) is 2. The zero-order valence-electron chi connectivity index (χ0n) is 24.2. The molecule has 0 aliphatic carbocycles. The first-order valence-corrected chi connectivity index (χ1v) is 14.1. The highest BCUT2D eigenvalue weighted by molar-refractivity contribution is 5.89. The number of anilines is 1. The summed E-state index contributed by atoms with van der Waals surface area (Å²) in [6, 6.07) is 3.76. The van der Waals surface area contributed by atoms with Crippen LogP contribution in [0.3, 0.4) is 0 Å². The summed E-state index contributed by atoms with van der Waals surface area (Å²) in [5, 5.41) is 14.0. The van der Waals surface area contributed by atoms with Gasteiger partial charge in [0.1, 0.15) is 5.69 Å². The first kappa shape index (κ1) is 28.6. The first-order chi connectivity index (χ1) is 19.1. The van der Waals surface area contributed by atoms with E-state index in [1.165, 1.54) is 0 Å². The molecule has 5 rings (SSSR count). The number of aromatic nitrogens is 3. The summed E-state index contributed by atoms with van der Waals surface area (Å²) >= 11 is 0. The van der Waals surface area contributed by atoms with Gasteiger partial charge in [0.25, 0.3) is 0 Å². The molecule has 3 aromatic rings. The first-order valence-electron chi connectivity index (χ1n) is 14.1. The summed E-state index contributed by atoms with van der Waals surface area (Å²) < 4.78 is 28.5. The molecule has 0 unspecified atom stereocenters. The van der Waals surface area contributed by atoms with Crippen LogP contribution in [0.4, 0.5) is 10.3 Å². The molecule has 9 nitrogen and oxygen atoms in total. The molecule has 4 atom stereocenters. The van der Waals surface area contributed by atoms with Gasteiger partial charge in [0.15, 0.2) is 11.2 Å². The van der Waals surface area contributed by atoms with Crippen LogP contribution < -0.4 is 10.7 Å². The largest absolute Gasteiger partial charge is 0.389 e. The number of nitrogens with one attached hydrogen (secondary N) is 1. The fraction of sp³-hybridized carbons (Fsp3) is 0.567. The van der Waals surface area contributed by atoms with E-state index in [-0.39, 0.29) is 47.8 Å². The van der Waals surface area contributed by atoms with Crippen LogP contribution in [0, 0.1) is 19.7 Å². The molecule has 0 spiro atoms. The van der Waals surface area contributed by atoms with Gasteiger partial charge in [-0.2, -0.15) is 0 Å². The number of aliphatic hydroxyl groups excluding tert-OH is 1. The maximum absolute atomic E-state index is 15.3. The quantitative estimate of drug-likeness (QED) is 0.473. The second-order valence-electron chi connectivity index (χ2n) is 11.5. The number of hydrogen-bond acceptors (Lipinski definition) is 8. The average molecular weight is 554 g/mol. The van der Waals surface area contributed by atoms with E-state index in [9.17, 15) is 9.90 Å². The van der Waals surface area contributed by atoms with Crippen LogP contribution in [-0.4, -0.2) is 75.2 Å². The lowest BCUT2D eigenvalue weighted by Crippen LogP contribution is -2.49. The number of fused-ring (bicyclic) bond motifs is 1. The molecule has 40 heavy (non-hydrogen) atoms. The normalized spacial score (nSPS) is 24.1. The van der Waals surface area contributed by atoms with Gasteiger partial charge in [-0.25, -0.2) is 14.4 Å². The average Bonchev–Trinajstić information content (AvgIpc) is 2.91. The summed E-state index contributed by atoms with van der Waals surface area (Å²) in [5.41, 5.74) is 4.00. The SMILES string of the molecule is Cc1c(CN2[C@@H](C)COC[C@@H]2C)n(C(C)C)c2c(C)c(-c3nc(N[C@@H]4CCOC[C@H]4O)ncc3F)ccc2c1=O. The Bertz CT molecular complexity index is 1450. The molecule has 1 aromatic carbocycles. The highest BCUT2D eigenvalue weighted by atomic mass is 19.1. The number of aryl methyl sites for hydroxylation is 1. The number of nitrogens with zero attached hydrogens (tertiary/aromatic N) is 4. The minimum Gasteiger partial charge on any atom is -0.389 e. The lowest BCUT2D eigenvalue weighted by Gasteiger charge is -2.40. The Kier molecular flexibility index (Phi) is 8.24. The minimum atomic E-state index is -0.702. The van der Waals surface area contributed by atoms with Gasteiger partial charge in [-0.15, -0.1) is 0 Å². The standard InChI is InChI=1S/C30H40FN5O4/c1-16(2)36-25(12-35-17(3)13-40-14-18(35)4)20(6)29(38)22-8-7-21(19(5)28(22)36)27-23(31)11-32-30(34-27)33-24-9-10-39-15-26(24)37/h7-8,11,16-18,24,26,37H,9-10,12-15H2,1-6H3,(H,32,33,34)/t17-,18-,24+,26+/m0/s1. The Balaban J connectivity index is 1.64. The monoisotopic (exact) mass is 553 g/mol. The molecule has 2 aromatic heterocycles. The third-order valence-electron chi connectivity index (χ3n) is 8.32. The summed E-state index contributed by atoms with van der Waals surface area (Å²) in [4.78, 5) is 24.8. The highest BCUT2D eigenvalue weighted by Gasteiger charge is 2.29. The number of morpholine rings is 1. The van der Waals surface area contributed by atoms with Gasteiger partial charge in [0, 0.05) is 53.5 Å². The minimum absolute atomic E-state index is 0.0101. The summed E-state index contributed by atoms with van der Waals surface area (Å²) in [5.74, 6) is -0.315. The number of halogens is 1. The topological polar surface area (TPSA) is 102 Å². The molecule has 2 aliphatic heterocycles. The Hall–Kier alpha value is -2.92. The van der Waals surface area contributed by atoms with E-state index in [1.54, 1.807) is 12.1 Å². The van der Waals surface area contributed by atoms with Gasteiger partial charge in [-0.1, -0.05) is 6.07 Å². The highest BCUT2D eigenvalue weighted by Crippen LogP contribution is 2.33. The van der Waals surface area contributed by atoms with Crippen molar-refractivity contribution in [2.24, 2.45) is 0 Å². The van der Waals surface area contributed by atoms with Crippen molar-refractivity contribution < 1.29 is 19.0 Å². The number of aliphatic hydroxyl groups is 1. The molecule has 0 bridgehead atoms. The van der Waals surface area contributed by atoms with Crippen LogP contribution in [-0.2, 0) is 16.0 Å². The van der Waals surface area contributed by atoms with Gasteiger partial charge < -0.3 is 24.5 Å². The van der Waals surface area contributed by atoms with Crippen molar-refractivity contribution in [1.82, 2.24) is 19.4 Å². The van der Waals surface area contributed by atoms with Crippen molar-refractivity contribution in [3.05, 3.63) is 51.2 Å². The smallest absolute Gasteiger partial charge is 0.223 e. The fourth-order valence-electron chi connectivity index (χ4n) is 6.07. The van der Waals surface area contributed by atoms with Gasteiger partial charge in [-0.05, 0) is 59.6 Å². The molecule has 0 saturated carbocycles. The van der Waals surface area contributed by atoms with Gasteiger partial charge in [0.2, 0.25) is 5.95 Å². The Morgan fingerprint density at radius 2 is 1.85 bits per heavy atom. The predicted octanol–water partition coefficient (Wildman–Crippen LogP) is 3.97. The maximum Gasteiger partial charge on any atom is 0.223 e. The second-order valence-corrected chi connectivity index (χ2v) is 11.5. The van der Waals surface area contributed by atoms with Crippen LogP contribution in [0.2, 0.25) is 0 Å². The summed E-state index contributed by atoms with van der Waals surface area (Å²) in [7, 11) is 0. The van der Waals surface area contributed by atoms with Crippen molar-refractivity contribution in [2.75, 3.05) is 31.7 Å². The number of rotatable bonds is 6. The van der Waals surface area contributed by atoms with E-state index in [2.05, 4.69) is 52.4 Å². The maximum atomic E-state index is 15.3. The molecule has 2 fully saturated rings. The van der Waals surface area contributed by atoms with Crippen LogP contribution in [0.25, 0.3) is 22.2 Å². The molecule has 4 heterocycles.